The minimum Gasteiger partial charge on any atom is -0.544 e. The summed E-state index contributed by atoms with van der Waals surface area (Å²) in [6, 6.07) is 9.30. The third kappa shape index (κ3) is 5.49. The molecule has 0 aromatic heterocycles. The van der Waals surface area contributed by atoms with Crippen molar-refractivity contribution in [2.24, 2.45) is 5.92 Å². The maximum atomic E-state index is 10.4. The number of rotatable bonds is 7. The Bertz CT molecular complexity index is 386. The van der Waals surface area contributed by atoms with E-state index < -0.39 is 8.32 Å². The van der Waals surface area contributed by atoms with Gasteiger partial charge in [-0.3, -0.25) is 0 Å². The first kappa shape index (κ1) is 15.0. The number of hydrogen-bond acceptors (Lipinski definition) is 2. The van der Waals surface area contributed by atoms with Gasteiger partial charge in [-0.2, -0.15) is 0 Å². The molecule has 1 rings (SSSR count). The van der Waals surface area contributed by atoms with Crippen LogP contribution in [0.15, 0.2) is 24.3 Å². The summed E-state index contributed by atoms with van der Waals surface area (Å²) < 4.78 is 6.18. The zero-order valence-corrected chi connectivity index (χ0v) is 12.9. The molecule has 1 aromatic carbocycles. The van der Waals surface area contributed by atoms with E-state index in [1.165, 1.54) is 5.56 Å². The molecule has 1 aromatic rings. The predicted molar refractivity (Wildman–Crippen MR) is 78.6 cm³/mol. The second-order valence-corrected chi connectivity index (χ2v) is 9.94. The number of aryl methyl sites for hydroxylation is 1. The first-order valence-corrected chi connectivity index (χ1v) is 9.76. The van der Waals surface area contributed by atoms with E-state index in [1.54, 1.807) is 0 Å². The van der Waals surface area contributed by atoms with Crippen LogP contribution in [0, 0.1) is 5.92 Å². The van der Waals surface area contributed by atoms with Gasteiger partial charge in [-0.15, -0.1) is 0 Å². The molecule has 0 saturated heterocycles. The molecule has 0 heterocycles. The molecule has 0 aliphatic carbocycles. The summed E-state index contributed by atoms with van der Waals surface area (Å²) in [6.45, 7) is 8.98. The van der Waals surface area contributed by atoms with Crippen LogP contribution in [0.3, 0.4) is 0 Å². The highest BCUT2D eigenvalue weighted by molar-refractivity contribution is 6.71. The molecule has 2 nitrogen and oxygen atoms in total. The van der Waals surface area contributed by atoms with Crippen molar-refractivity contribution in [1.29, 1.82) is 0 Å². The van der Waals surface area contributed by atoms with E-state index in [9.17, 15) is 4.79 Å². The molecule has 0 saturated carbocycles. The Labute approximate surface area is 111 Å². The summed E-state index contributed by atoms with van der Waals surface area (Å²) in [5, 5.41) is 0. The topological polar surface area (TPSA) is 26.3 Å². The van der Waals surface area contributed by atoms with E-state index in [0.717, 1.165) is 24.5 Å². The van der Waals surface area contributed by atoms with E-state index in [-0.39, 0.29) is 0 Å². The molecule has 100 valence electrons. The molecule has 0 aliphatic rings. The number of carbonyl (C=O) groups is 1. The number of carbonyl (C=O) groups excluding carboxylic acids is 1. The van der Waals surface area contributed by atoms with Gasteiger partial charge in [0.1, 0.15) is 12.0 Å². The Morgan fingerprint density at radius 1 is 1.33 bits per heavy atom. The predicted octanol–water partition coefficient (Wildman–Crippen LogP) is 4.06. The van der Waals surface area contributed by atoms with Crippen molar-refractivity contribution in [3.05, 3.63) is 29.8 Å². The lowest BCUT2D eigenvalue weighted by Crippen LogP contribution is -2.35. The molecule has 0 unspecified atom stereocenters. The summed E-state index contributed by atoms with van der Waals surface area (Å²) in [4.78, 5) is 10.4. The van der Waals surface area contributed by atoms with Crippen LogP contribution in [0.2, 0.25) is 19.1 Å². The van der Waals surface area contributed by atoms with E-state index >= 15 is 0 Å². The molecule has 0 amide bonds. The fraction of sp³-hybridized carbons (Fsp3) is 0.533. The Kier molecular flexibility index (Phi) is 5.60. The van der Waals surface area contributed by atoms with Crippen LogP contribution in [0.25, 0.3) is 0 Å². The number of hydrogen-bond donors (Lipinski definition) is 0. The zero-order chi connectivity index (χ0) is 13.6. The van der Waals surface area contributed by atoms with Gasteiger partial charge in [0.15, 0.2) is 0 Å². The maximum absolute atomic E-state index is 10.4. The van der Waals surface area contributed by atoms with Crippen molar-refractivity contribution in [3.8, 4) is 5.75 Å². The van der Waals surface area contributed by atoms with Crippen LogP contribution in [-0.4, -0.2) is 14.6 Å². The standard InChI is InChI=1S/C15H24O2Si/c1-13(2)12-18(3,4)17-15-9-5-7-14(11-15)8-6-10-16/h5,7,9-11,13H,6,8,12H2,1-4H3. The van der Waals surface area contributed by atoms with Crippen LogP contribution < -0.4 is 4.43 Å². The zero-order valence-electron chi connectivity index (χ0n) is 11.9. The van der Waals surface area contributed by atoms with E-state index in [0.29, 0.717) is 12.3 Å². The molecule has 3 heteroatoms. The number of aldehydes is 1. The van der Waals surface area contributed by atoms with Crippen LogP contribution >= 0.6 is 0 Å². The summed E-state index contributed by atoms with van der Waals surface area (Å²) >= 11 is 0. The average Bonchev–Trinajstić information content (AvgIpc) is 2.24. The van der Waals surface area contributed by atoms with Crippen molar-refractivity contribution in [1.82, 2.24) is 0 Å². The summed E-state index contributed by atoms with van der Waals surface area (Å²) in [7, 11) is -1.63. The fourth-order valence-electron chi connectivity index (χ4n) is 2.33. The summed E-state index contributed by atoms with van der Waals surface area (Å²) in [5.74, 6) is 1.63. The van der Waals surface area contributed by atoms with Crippen LogP contribution in [0.1, 0.15) is 25.8 Å². The Balaban J connectivity index is 2.68. The van der Waals surface area contributed by atoms with Crippen molar-refractivity contribution in [2.75, 3.05) is 0 Å². The largest absolute Gasteiger partial charge is 0.544 e. The van der Waals surface area contributed by atoms with E-state index in [2.05, 4.69) is 33.0 Å². The van der Waals surface area contributed by atoms with Crippen molar-refractivity contribution in [3.63, 3.8) is 0 Å². The first-order valence-electron chi connectivity index (χ1n) is 6.64. The normalized spacial score (nSPS) is 11.6. The highest BCUT2D eigenvalue weighted by atomic mass is 28.4. The van der Waals surface area contributed by atoms with Gasteiger partial charge >= 0.3 is 0 Å². The Morgan fingerprint density at radius 3 is 2.67 bits per heavy atom. The van der Waals surface area contributed by atoms with Crippen molar-refractivity contribution in [2.45, 2.75) is 45.8 Å². The average molecular weight is 264 g/mol. The SMILES string of the molecule is CC(C)C[Si](C)(C)Oc1cccc(CCC=O)c1. The quantitative estimate of drug-likeness (QED) is 0.548. The van der Waals surface area contributed by atoms with Crippen LogP contribution in [0.5, 0.6) is 5.75 Å². The lowest BCUT2D eigenvalue weighted by molar-refractivity contribution is -0.107. The van der Waals surface area contributed by atoms with Gasteiger partial charge in [0.05, 0.1) is 0 Å². The molecule has 0 spiro atoms. The van der Waals surface area contributed by atoms with Gasteiger partial charge in [0, 0.05) is 6.42 Å². The van der Waals surface area contributed by atoms with Crippen molar-refractivity contribution >= 4 is 14.6 Å². The van der Waals surface area contributed by atoms with Gasteiger partial charge in [0.2, 0.25) is 8.32 Å². The minimum absolute atomic E-state index is 0.580. The van der Waals surface area contributed by atoms with Crippen molar-refractivity contribution < 1.29 is 9.22 Å². The molecule has 0 fully saturated rings. The second-order valence-electron chi connectivity index (χ2n) is 5.81. The maximum Gasteiger partial charge on any atom is 0.245 e. The van der Waals surface area contributed by atoms with E-state index in [1.807, 2.05) is 18.2 Å². The lowest BCUT2D eigenvalue weighted by Gasteiger charge is -2.26. The molecule has 0 aliphatic heterocycles. The van der Waals surface area contributed by atoms with Crippen LogP contribution in [0.4, 0.5) is 0 Å². The molecule has 0 N–H and O–H groups in total. The highest BCUT2D eigenvalue weighted by Gasteiger charge is 2.25. The van der Waals surface area contributed by atoms with Gasteiger partial charge < -0.3 is 9.22 Å². The molecular weight excluding hydrogens is 240 g/mol. The smallest absolute Gasteiger partial charge is 0.245 e. The Morgan fingerprint density at radius 2 is 2.06 bits per heavy atom. The monoisotopic (exact) mass is 264 g/mol. The highest BCUT2D eigenvalue weighted by Crippen LogP contribution is 2.23. The third-order valence-corrected chi connectivity index (χ3v) is 5.33. The fourth-order valence-corrected chi connectivity index (χ4v) is 5.15. The van der Waals surface area contributed by atoms with Crippen LogP contribution in [-0.2, 0) is 11.2 Å². The minimum atomic E-state index is -1.63. The molecule has 0 bridgehead atoms. The summed E-state index contributed by atoms with van der Waals surface area (Å²) in [5.41, 5.74) is 1.17. The van der Waals surface area contributed by atoms with E-state index in [4.69, 9.17) is 4.43 Å². The van der Waals surface area contributed by atoms with Gasteiger partial charge in [-0.25, -0.2) is 0 Å². The summed E-state index contributed by atoms with van der Waals surface area (Å²) in [6.07, 6.45) is 2.34. The molecule has 0 radical (unpaired) electrons. The van der Waals surface area contributed by atoms with Gasteiger partial charge in [-0.1, -0.05) is 26.0 Å². The van der Waals surface area contributed by atoms with Gasteiger partial charge in [-0.05, 0) is 49.2 Å². The second kappa shape index (κ2) is 6.74. The molecular formula is C15H24O2Si. The first-order chi connectivity index (χ1) is 8.43. The molecule has 18 heavy (non-hydrogen) atoms. The lowest BCUT2D eigenvalue weighted by atomic mass is 10.1. The number of benzene rings is 1. The third-order valence-electron chi connectivity index (χ3n) is 2.74. The van der Waals surface area contributed by atoms with Gasteiger partial charge in [0.25, 0.3) is 0 Å². The Hall–Kier alpha value is -1.09. The molecule has 0 atom stereocenters.